The largest absolute Gasteiger partial charge is 0.385 e. The number of ether oxygens (including phenoxy) is 1. The summed E-state index contributed by atoms with van der Waals surface area (Å²) in [6, 6.07) is 0. The zero-order chi connectivity index (χ0) is 9.90. The van der Waals surface area contributed by atoms with Gasteiger partial charge in [0.05, 0.1) is 0 Å². The first-order chi connectivity index (χ1) is 6.06. The first-order valence-corrected chi connectivity index (χ1v) is 5.27. The van der Waals surface area contributed by atoms with E-state index >= 15 is 0 Å². The lowest BCUT2D eigenvalue weighted by molar-refractivity contribution is -0.0144. The molecule has 0 bridgehead atoms. The Morgan fingerprint density at radius 3 is 2.46 bits per heavy atom. The molecule has 0 spiro atoms. The molecule has 1 rings (SSSR count). The van der Waals surface area contributed by atoms with Crippen molar-refractivity contribution in [2.75, 3.05) is 33.4 Å². The van der Waals surface area contributed by atoms with E-state index < -0.39 is 0 Å². The molecule has 1 saturated heterocycles. The van der Waals surface area contributed by atoms with Crippen molar-refractivity contribution >= 4 is 0 Å². The van der Waals surface area contributed by atoms with E-state index in [9.17, 15) is 0 Å². The minimum Gasteiger partial charge on any atom is -0.385 e. The number of methoxy groups -OCH3 is 1. The van der Waals surface area contributed by atoms with E-state index in [-0.39, 0.29) is 0 Å². The molecule has 78 valence electrons. The summed E-state index contributed by atoms with van der Waals surface area (Å²) in [5.41, 5.74) is 0.533. The minimum atomic E-state index is 0.533. The highest BCUT2D eigenvalue weighted by Crippen LogP contribution is 2.33. The van der Waals surface area contributed by atoms with Gasteiger partial charge in [-0.2, -0.15) is 0 Å². The van der Waals surface area contributed by atoms with E-state index in [1.54, 1.807) is 7.11 Å². The van der Waals surface area contributed by atoms with Gasteiger partial charge in [-0.1, -0.05) is 20.8 Å². The highest BCUT2D eigenvalue weighted by molar-refractivity contribution is 4.91. The lowest BCUT2D eigenvalue weighted by Crippen LogP contribution is -2.55. The first-order valence-electron chi connectivity index (χ1n) is 5.27. The van der Waals surface area contributed by atoms with Crippen LogP contribution in [0.1, 0.15) is 27.2 Å². The monoisotopic (exact) mass is 185 g/mol. The minimum absolute atomic E-state index is 0.533. The van der Waals surface area contributed by atoms with Gasteiger partial charge < -0.3 is 9.64 Å². The Morgan fingerprint density at radius 2 is 2.00 bits per heavy atom. The van der Waals surface area contributed by atoms with Gasteiger partial charge in [-0.25, -0.2) is 0 Å². The summed E-state index contributed by atoms with van der Waals surface area (Å²) >= 11 is 0. The number of likely N-dealkylation sites (tertiary alicyclic amines) is 1. The maximum atomic E-state index is 5.11. The second-order valence-corrected chi connectivity index (χ2v) is 5.12. The fourth-order valence-corrected chi connectivity index (χ4v) is 2.19. The average Bonchev–Trinajstić information content (AvgIpc) is 1.97. The van der Waals surface area contributed by atoms with E-state index in [2.05, 4.69) is 25.7 Å². The van der Waals surface area contributed by atoms with Crippen LogP contribution in [0, 0.1) is 11.3 Å². The van der Waals surface area contributed by atoms with Crippen molar-refractivity contribution in [1.82, 2.24) is 4.90 Å². The van der Waals surface area contributed by atoms with E-state index in [1.807, 2.05) is 0 Å². The standard InChI is InChI=1S/C11H23NO/c1-10(2)7-12-8-11(3,9-12)5-6-13-4/h10H,5-9H2,1-4H3. The summed E-state index contributed by atoms with van der Waals surface area (Å²) in [5, 5.41) is 0. The molecule has 1 heterocycles. The molecule has 0 atom stereocenters. The lowest BCUT2D eigenvalue weighted by Gasteiger charge is -2.49. The van der Waals surface area contributed by atoms with Gasteiger partial charge in [-0.3, -0.25) is 0 Å². The second kappa shape index (κ2) is 4.43. The summed E-state index contributed by atoms with van der Waals surface area (Å²) < 4.78 is 5.11. The molecule has 13 heavy (non-hydrogen) atoms. The van der Waals surface area contributed by atoms with Crippen molar-refractivity contribution in [1.29, 1.82) is 0 Å². The van der Waals surface area contributed by atoms with Crippen LogP contribution < -0.4 is 0 Å². The van der Waals surface area contributed by atoms with Crippen LogP contribution in [0.3, 0.4) is 0 Å². The Kier molecular flexibility index (Phi) is 3.74. The van der Waals surface area contributed by atoms with Gasteiger partial charge in [-0.05, 0) is 17.8 Å². The maximum absolute atomic E-state index is 5.11. The Labute approximate surface area is 82.3 Å². The van der Waals surface area contributed by atoms with Gasteiger partial charge in [0.25, 0.3) is 0 Å². The quantitative estimate of drug-likeness (QED) is 0.649. The van der Waals surface area contributed by atoms with Crippen LogP contribution in [0.25, 0.3) is 0 Å². The highest BCUT2D eigenvalue weighted by Gasteiger charge is 2.37. The Hall–Kier alpha value is -0.0800. The first kappa shape index (κ1) is 11.0. The second-order valence-electron chi connectivity index (χ2n) is 5.12. The van der Waals surface area contributed by atoms with Crippen LogP contribution in [0.15, 0.2) is 0 Å². The molecular formula is C11H23NO. The zero-order valence-electron chi connectivity index (χ0n) is 9.47. The van der Waals surface area contributed by atoms with Gasteiger partial charge in [-0.15, -0.1) is 0 Å². The van der Waals surface area contributed by atoms with Crippen molar-refractivity contribution < 1.29 is 4.74 Å². The molecule has 0 aromatic carbocycles. The predicted octanol–water partition coefficient (Wildman–Crippen LogP) is 2.00. The molecule has 0 unspecified atom stereocenters. The Balaban J connectivity index is 2.15. The third-order valence-electron chi connectivity index (χ3n) is 2.74. The SMILES string of the molecule is COCCC1(C)CN(CC(C)C)C1. The van der Waals surface area contributed by atoms with Crippen molar-refractivity contribution in [3.63, 3.8) is 0 Å². The van der Waals surface area contributed by atoms with Gasteiger partial charge in [0.1, 0.15) is 0 Å². The maximum Gasteiger partial charge on any atom is 0.0468 e. The normalized spacial score (nSPS) is 21.9. The average molecular weight is 185 g/mol. The van der Waals surface area contributed by atoms with Crippen LogP contribution in [0.2, 0.25) is 0 Å². The van der Waals surface area contributed by atoms with E-state index in [0.29, 0.717) is 5.41 Å². The fourth-order valence-electron chi connectivity index (χ4n) is 2.19. The van der Waals surface area contributed by atoms with Crippen LogP contribution in [-0.4, -0.2) is 38.3 Å². The van der Waals surface area contributed by atoms with E-state index in [1.165, 1.54) is 26.1 Å². The summed E-state index contributed by atoms with van der Waals surface area (Å²) in [5.74, 6) is 0.798. The molecule has 2 nitrogen and oxygen atoms in total. The van der Waals surface area contributed by atoms with Gasteiger partial charge in [0.2, 0.25) is 0 Å². The van der Waals surface area contributed by atoms with E-state index in [0.717, 1.165) is 12.5 Å². The number of nitrogens with zero attached hydrogens (tertiary/aromatic N) is 1. The van der Waals surface area contributed by atoms with Crippen LogP contribution >= 0.6 is 0 Å². The third kappa shape index (κ3) is 3.28. The van der Waals surface area contributed by atoms with Gasteiger partial charge >= 0.3 is 0 Å². The zero-order valence-corrected chi connectivity index (χ0v) is 9.47. The van der Waals surface area contributed by atoms with Crippen molar-refractivity contribution in [3.05, 3.63) is 0 Å². The van der Waals surface area contributed by atoms with Crippen molar-refractivity contribution in [2.45, 2.75) is 27.2 Å². The molecule has 0 amide bonds. The lowest BCUT2D eigenvalue weighted by atomic mass is 9.79. The summed E-state index contributed by atoms with van der Waals surface area (Å²) in [6.45, 7) is 11.6. The molecule has 0 N–H and O–H groups in total. The van der Waals surface area contributed by atoms with Gasteiger partial charge in [0.15, 0.2) is 0 Å². The van der Waals surface area contributed by atoms with Crippen LogP contribution in [0.5, 0.6) is 0 Å². The van der Waals surface area contributed by atoms with Gasteiger partial charge in [0, 0.05) is 33.4 Å². The molecule has 0 radical (unpaired) electrons. The molecular weight excluding hydrogens is 162 g/mol. The fraction of sp³-hybridized carbons (Fsp3) is 1.00. The summed E-state index contributed by atoms with van der Waals surface area (Å²) in [6.07, 6.45) is 1.21. The van der Waals surface area contributed by atoms with E-state index in [4.69, 9.17) is 4.74 Å². The third-order valence-corrected chi connectivity index (χ3v) is 2.74. The van der Waals surface area contributed by atoms with Crippen LogP contribution in [0.4, 0.5) is 0 Å². The topological polar surface area (TPSA) is 12.5 Å². The molecule has 1 fully saturated rings. The molecule has 1 aliphatic rings. The molecule has 2 heteroatoms. The summed E-state index contributed by atoms with van der Waals surface area (Å²) in [7, 11) is 1.79. The number of rotatable bonds is 5. The highest BCUT2D eigenvalue weighted by atomic mass is 16.5. The molecule has 1 aliphatic heterocycles. The van der Waals surface area contributed by atoms with Crippen LogP contribution in [-0.2, 0) is 4.74 Å². The molecule has 0 saturated carbocycles. The molecule has 0 aliphatic carbocycles. The Morgan fingerprint density at radius 1 is 1.38 bits per heavy atom. The number of hydrogen-bond donors (Lipinski definition) is 0. The number of hydrogen-bond acceptors (Lipinski definition) is 2. The smallest absolute Gasteiger partial charge is 0.0468 e. The summed E-state index contributed by atoms with van der Waals surface area (Å²) in [4.78, 5) is 2.54. The Bertz CT molecular complexity index is 150. The van der Waals surface area contributed by atoms with Crippen molar-refractivity contribution in [2.24, 2.45) is 11.3 Å². The molecule has 0 aromatic rings. The van der Waals surface area contributed by atoms with Crippen molar-refractivity contribution in [3.8, 4) is 0 Å². The predicted molar refractivity (Wildman–Crippen MR) is 55.9 cm³/mol. The molecule has 0 aromatic heterocycles.